The molecule has 0 bridgehead atoms. The van der Waals surface area contributed by atoms with E-state index in [2.05, 4.69) is 15.0 Å². The van der Waals surface area contributed by atoms with Crippen LogP contribution in [0.15, 0.2) is 11.1 Å². The van der Waals surface area contributed by atoms with Crippen LogP contribution in [0.1, 0.15) is 0 Å². The van der Waals surface area contributed by atoms with Crippen molar-refractivity contribution < 1.29 is 0 Å². The molecule has 0 atom stereocenters. The number of aromatic amines is 1. The molecule has 0 fully saturated rings. The summed E-state index contributed by atoms with van der Waals surface area (Å²) in [4.78, 5) is 21.8. The molecule has 2 heterocycles. The number of rotatable bonds is 0. The van der Waals surface area contributed by atoms with Gasteiger partial charge in [-0.3, -0.25) is 9.36 Å². The Morgan fingerprint density at radius 1 is 1.50 bits per heavy atom. The number of halogens is 2. The highest BCUT2D eigenvalue weighted by atomic mass is 35.5. The van der Waals surface area contributed by atoms with Gasteiger partial charge in [-0.05, 0) is 0 Å². The predicted molar refractivity (Wildman–Crippen MR) is 58.0 cm³/mol. The van der Waals surface area contributed by atoms with E-state index in [1.807, 2.05) is 0 Å². The molecule has 0 aliphatic rings. The molecule has 78 valence electrons. The van der Waals surface area contributed by atoms with Crippen molar-refractivity contribution in [2.45, 2.75) is 0 Å². The molecule has 0 amide bonds. The minimum atomic E-state index is -0.213. The van der Waals surface area contributed by atoms with E-state index in [0.29, 0.717) is 11.2 Å². The number of nitrogens with zero attached hydrogens (tertiary/aromatic N) is 3. The van der Waals surface area contributed by atoms with Gasteiger partial charge < -0.3 is 10.7 Å². The van der Waals surface area contributed by atoms with Crippen LogP contribution < -0.4 is 11.3 Å². The average molecular weight is 238 g/mol. The maximum atomic E-state index is 11.4. The van der Waals surface area contributed by atoms with Gasteiger partial charge in [0.25, 0.3) is 5.56 Å². The maximum Gasteiger partial charge on any atom is 0.280 e. The van der Waals surface area contributed by atoms with E-state index in [1.54, 1.807) is 7.05 Å². The number of nitrogens with two attached hydrogens (primary N) is 1. The van der Waals surface area contributed by atoms with Crippen LogP contribution in [0, 0.1) is 0 Å². The highest BCUT2D eigenvalue weighted by Crippen LogP contribution is 2.01. The van der Waals surface area contributed by atoms with E-state index < -0.39 is 0 Å². The lowest BCUT2D eigenvalue weighted by Gasteiger charge is -1.99. The summed E-state index contributed by atoms with van der Waals surface area (Å²) < 4.78 is 1.26. The van der Waals surface area contributed by atoms with Gasteiger partial charge in [0.05, 0.1) is 6.33 Å². The monoisotopic (exact) mass is 237 g/mol. The molecular weight excluding hydrogens is 229 g/mol. The minimum absolute atomic E-state index is 0. The van der Waals surface area contributed by atoms with Crippen molar-refractivity contribution in [3.8, 4) is 0 Å². The molecule has 0 radical (unpaired) electrons. The van der Waals surface area contributed by atoms with Gasteiger partial charge in [0.15, 0.2) is 11.2 Å². The molecule has 2 rings (SSSR count). The third-order valence-corrected chi connectivity index (χ3v) is 1.70. The zero-order valence-corrected chi connectivity index (χ0v) is 8.85. The molecule has 3 N–H and O–H groups in total. The molecule has 2 aromatic rings. The van der Waals surface area contributed by atoms with E-state index >= 15 is 0 Å². The van der Waals surface area contributed by atoms with Crippen LogP contribution in [0.5, 0.6) is 0 Å². The zero-order chi connectivity index (χ0) is 8.72. The fourth-order valence-corrected chi connectivity index (χ4v) is 0.984. The first kappa shape index (κ1) is 12.7. The minimum Gasteiger partial charge on any atom is -0.369 e. The SMILES string of the molecule is Cl.Cl.Cn1c(N)nc2nc[nH]c2c1=O. The Kier molecular flexibility index (Phi) is 3.91. The van der Waals surface area contributed by atoms with E-state index in [-0.39, 0.29) is 36.3 Å². The van der Waals surface area contributed by atoms with Crippen molar-refractivity contribution in [3.05, 3.63) is 16.7 Å². The number of H-pyrrole nitrogens is 1. The lowest BCUT2D eigenvalue weighted by molar-refractivity contribution is 0.858. The van der Waals surface area contributed by atoms with Gasteiger partial charge in [-0.15, -0.1) is 24.8 Å². The molecule has 0 aliphatic heterocycles. The predicted octanol–water partition coefficient (Wildman–Crippen LogP) is 0.0824. The number of aromatic nitrogens is 4. The zero-order valence-electron chi connectivity index (χ0n) is 7.22. The molecule has 0 aromatic carbocycles. The quantitative estimate of drug-likeness (QED) is 0.680. The van der Waals surface area contributed by atoms with Gasteiger partial charge in [0.1, 0.15) is 0 Å². The third kappa shape index (κ3) is 1.66. The third-order valence-electron chi connectivity index (χ3n) is 1.70. The van der Waals surface area contributed by atoms with E-state index in [4.69, 9.17) is 5.73 Å². The molecule has 0 saturated heterocycles. The Bertz CT molecular complexity index is 490. The summed E-state index contributed by atoms with van der Waals surface area (Å²) in [6.07, 6.45) is 1.42. The fraction of sp³-hybridized carbons (Fsp3) is 0.167. The molecule has 2 aromatic heterocycles. The number of fused-ring (bicyclic) bond motifs is 1. The lowest BCUT2D eigenvalue weighted by Crippen LogP contribution is -2.21. The summed E-state index contributed by atoms with van der Waals surface area (Å²) in [5.41, 5.74) is 5.97. The topological polar surface area (TPSA) is 89.6 Å². The van der Waals surface area contributed by atoms with E-state index in [1.165, 1.54) is 10.9 Å². The van der Waals surface area contributed by atoms with Crippen molar-refractivity contribution in [2.75, 3.05) is 5.73 Å². The molecule has 8 heteroatoms. The van der Waals surface area contributed by atoms with Gasteiger partial charge in [-0.1, -0.05) is 0 Å². The van der Waals surface area contributed by atoms with Crippen molar-refractivity contribution in [3.63, 3.8) is 0 Å². The van der Waals surface area contributed by atoms with E-state index in [0.717, 1.165) is 0 Å². The molecule has 14 heavy (non-hydrogen) atoms. The van der Waals surface area contributed by atoms with Gasteiger partial charge in [-0.25, -0.2) is 4.98 Å². The van der Waals surface area contributed by atoms with Gasteiger partial charge in [0, 0.05) is 7.05 Å². The molecule has 0 spiro atoms. The smallest absolute Gasteiger partial charge is 0.280 e. The number of nitrogen functional groups attached to an aromatic ring is 1. The average Bonchev–Trinajstić information content (AvgIpc) is 2.48. The molecule has 0 saturated carbocycles. The number of nitrogens with one attached hydrogen (secondary N) is 1. The molecular formula is C6H9Cl2N5O. The number of anilines is 1. The molecule has 6 nitrogen and oxygen atoms in total. The maximum absolute atomic E-state index is 11.4. The van der Waals surface area contributed by atoms with Crippen LogP contribution in [0.3, 0.4) is 0 Å². The van der Waals surface area contributed by atoms with Gasteiger partial charge in [-0.2, -0.15) is 4.98 Å². The Labute approximate surface area is 91.4 Å². The highest BCUT2D eigenvalue weighted by Gasteiger charge is 2.06. The summed E-state index contributed by atoms with van der Waals surface area (Å²) in [7, 11) is 1.56. The molecule has 0 unspecified atom stereocenters. The van der Waals surface area contributed by atoms with Crippen molar-refractivity contribution >= 4 is 41.9 Å². The first-order chi connectivity index (χ1) is 5.70. The normalized spacial score (nSPS) is 9.21. The number of hydrogen-bond donors (Lipinski definition) is 2. The largest absolute Gasteiger partial charge is 0.369 e. The van der Waals surface area contributed by atoms with Crippen LogP contribution in [0.25, 0.3) is 11.2 Å². The Balaban J connectivity index is 0.000000845. The first-order valence-corrected chi connectivity index (χ1v) is 3.35. The second-order valence-electron chi connectivity index (χ2n) is 2.44. The summed E-state index contributed by atoms with van der Waals surface area (Å²) in [5.74, 6) is 0.166. The Morgan fingerprint density at radius 3 is 2.79 bits per heavy atom. The second-order valence-corrected chi connectivity index (χ2v) is 2.44. The van der Waals surface area contributed by atoms with Gasteiger partial charge >= 0.3 is 0 Å². The summed E-state index contributed by atoms with van der Waals surface area (Å²) in [6, 6.07) is 0. The van der Waals surface area contributed by atoms with Crippen LogP contribution in [0.4, 0.5) is 5.95 Å². The summed E-state index contributed by atoms with van der Waals surface area (Å²) in [5, 5.41) is 0. The second kappa shape index (κ2) is 4.30. The number of hydrogen-bond acceptors (Lipinski definition) is 4. The van der Waals surface area contributed by atoms with Crippen LogP contribution in [-0.4, -0.2) is 19.5 Å². The summed E-state index contributed by atoms with van der Waals surface area (Å²) in [6.45, 7) is 0. The van der Waals surface area contributed by atoms with E-state index in [9.17, 15) is 4.79 Å². The van der Waals surface area contributed by atoms with Crippen LogP contribution >= 0.6 is 24.8 Å². The van der Waals surface area contributed by atoms with Crippen LogP contribution in [-0.2, 0) is 7.05 Å². The fourth-order valence-electron chi connectivity index (χ4n) is 0.984. The van der Waals surface area contributed by atoms with Crippen molar-refractivity contribution in [2.24, 2.45) is 7.05 Å². The first-order valence-electron chi connectivity index (χ1n) is 3.35. The van der Waals surface area contributed by atoms with Gasteiger partial charge in [0.2, 0.25) is 5.95 Å². The van der Waals surface area contributed by atoms with Crippen molar-refractivity contribution in [1.29, 1.82) is 0 Å². The Morgan fingerprint density at radius 2 is 2.14 bits per heavy atom. The molecule has 0 aliphatic carbocycles. The number of imidazole rings is 1. The Hall–Kier alpha value is -1.27. The lowest BCUT2D eigenvalue weighted by atomic mass is 10.5. The highest BCUT2D eigenvalue weighted by molar-refractivity contribution is 5.85. The summed E-state index contributed by atoms with van der Waals surface area (Å²) >= 11 is 0. The van der Waals surface area contributed by atoms with Crippen LogP contribution in [0.2, 0.25) is 0 Å². The standard InChI is InChI=1S/C6H7N5O.2ClH/c1-11-5(12)3-4(9-2-8-3)10-6(11)7;;/h2H,1H3,(H2,7,10)(H,8,9);2*1H. The van der Waals surface area contributed by atoms with Crippen molar-refractivity contribution in [1.82, 2.24) is 19.5 Å².